The molecule has 2 aliphatic rings. The normalized spacial score (nSPS) is 22.0. The largest absolute Gasteiger partial charge is 0.497 e. The lowest BCUT2D eigenvalue weighted by Crippen LogP contribution is -2.41. The van der Waals surface area contributed by atoms with Crippen molar-refractivity contribution >= 4 is 5.96 Å². The zero-order chi connectivity index (χ0) is 18.5. The van der Waals surface area contributed by atoms with Gasteiger partial charge in [0.05, 0.1) is 13.7 Å². The molecule has 5 nitrogen and oxygen atoms in total. The summed E-state index contributed by atoms with van der Waals surface area (Å²) in [6.45, 7) is 8.30. The molecule has 1 saturated heterocycles. The van der Waals surface area contributed by atoms with Crippen LogP contribution in [0.1, 0.15) is 44.6 Å². The standard InChI is InChI=1S/C21H34N4O/c1-5-22-21(23-14-16(2)24(3)19-8-9-19)25-13-12-18(15-25)17-6-10-20(26-4)11-7-17/h6-7,10-11,16,18-19H,5,8-9,12-15H2,1-4H3,(H,22,23). The van der Waals surface area contributed by atoms with Gasteiger partial charge in [-0.25, -0.2) is 0 Å². The van der Waals surface area contributed by atoms with Crippen LogP contribution in [-0.4, -0.2) is 68.2 Å². The molecule has 144 valence electrons. The monoisotopic (exact) mass is 358 g/mol. The molecule has 1 aromatic rings. The zero-order valence-corrected chi connectivity index (χ0v) is 16.7. The Hall–Kier alpha value is -1.75. The first-order valence-electron chi connectivity index (χ1n) is 10.0. The van der Waals surface area contributed by atoms with Crippen molar-refractivity contribution in [3.05, 3.63) is 29.8 Å². The van der Waals surface area contributed by atoms with Gasteiger partial charge in [-0.1, -0.05) is 12.1 Å². The number of rotatable bonds is 7. The maximum Gasteiger partial charge on any atom is 0.193 e. The summed E-state index contributed by atoms with van der Waals surface area (Å²) in [6, 6.07) is 9.80. The van der Waals surface area contributed by atoms with E-state index in [4.69, 9.17) is 9.73 Å². The second kappa shape index (κ2) is 8.76. The van der Waals surface area contributed by atoms with Crippen LogP contribution in [0.3, 0.4) is 0 Å². The molecule has 0 bridgehead atoms. The minimum absolute atomic E-state index is 0.496. The summed E-state index contributed by atoms with van der Waals surface area (Å²) in [7, 11) is 3.95. The lowest BCUT2D eigenvalue weighted by atomic mass is 9.98. The minimum atomic E-state index is 0.496. The molecule has 2 atom stereocenters. The first-order chi connectivity index (χ1) is 12.6. The molecule has 1 aliphatic heterocycles. The predicted molar refractivity (Wildman–Crippen MR) is 108 cm³/mol. The summed E-state index contributed by atoms with van der Waals surface area (Å²) >= 11 is 0. The van der Waals surface area contributed by atoms with E-state index < -0.39 is 0 Å². The molecule has 1 saturated carbocycles. The van der Waals surface area contributed by atoms with E-state index in [-0.39, 0.29) is 0 Å². The smallest absolute Gasteiger partial charge is 0.193 e. The number of ether oxygens (including phenoxy) is 1. The SMILES string of the molecule is CCNC(=NCC(C)N(C)C1CC1)N1CCC(c2ccc(OC)cc2)C1. The summed E-state index contributed by atoms with van der Waals surface area (Å²) in [5, 5.41) is 3.49. The van der Waals surface area contributed by atoms with E-state index in [0.29, 0.717) is 12.0 Å². The Kier molecular flexibility index (Phi) is 6.41. The molecule has 5 heteroatoms. The summed E-state index contributed by atoms with van der Waals surface area (Å²) in [5.41, 5.74) is 1.39. The Balaban J connectivity index is 1.59. The van der Waals surface area contributed by atoms with Gasteiger partial charge >= 0.3 is 0 Å². The van der Waals surface area contributed by atoms with E-state index in [2.05, 4.69) is 60.3 Å². The number of methoxy groups -OCH3 is 1. The molecule has 2 unspecified atom stereocenters. The Morgan fingerprint density at radius 2 is 2.04 bits per heavy atom. The van der Waals surface area contributed by atoms with Gasteiger partial charge in [0.25, 0.3) is 0 Å². The molecule has 3 rings (SSSR count). The summed E-state index contributed by atoms with van der Waals surface area (Å²) in [4.78, 5) is 9.85. The van der Waals surface area contributed by atoms with Crippen LogP contribution in [0.15, 0.2) is 29.3 Å². The molecule has 1 aromatic carbocycles. The number of nitrogens with one attached hydrogen (secondary N) is 1. The Morgan fingerprint density at radius 3 is 2.65 bits per heavy atom. The summed E-state index contributed by atoms with van der Waals surface area (Å²) in [5.74, 6) is 2.56. The van der Waals surface area contributed by atoms with Crippen molar-refractivity contribution in [1.29, 1.82) is 0 Å². The molecule has 26 heavy (non-hydrogen) atoms. The van der Waals surface area contributed by atoms with Gasteiger partial charge in [0.15, 0.2) is 5.96 Å². The lowest BCUT2D eigenvalue weighted by Gasteiger charge is -2.25. The third-order valence-corrected chi connectivity index (χ3v) is 5.73. The number of benzene rings is 1. The van der Waals surface area contributed by atoms with Crippen molar-refractivity contribution in [2.45, 2.75) is 51.1 Å². The number of guanidine groups is 1. The molecule has 1 N–H and O–H groups in total. The number of aliphatic imine (C=N–C) groups is 1. The van der Waals surface area contributed by atoms with Gasteiger partial charge in [-0.15, -0.1) is 0 Å². The average Bonchev–Trinajstić information content (AvgIpc) is 3.41. The van der Waals surface area contributed by atoms with Gasteiger partial charge in [0.2, 0.25) is 0 Å². The molecular weight excluding hydrogens is 324 g/mol. The second-order valence-corrected chi connectivity index (χ2v) is 7.65. The van der Waals surface area contributed by atoms with Gasteiger partial charge in [-0.05, 0) is 57.9 Å². The molecule has 1 aliphatic carbocycles. The van der Waals surface area contributed by atoms with Gasteiger partial charge in [0.1, 0.15) is 5.75 Å². The van der Waals surface area contributed by atoms with Gasteiger partial charge in [-0.3, -0.25) is 9.89 Å². The van der Waals surface area contributed by atoms with E-state index in [1.165, 1.54) is 24.8 Å². The summed E-state index contributed by atoms with van der Waals surface area (Å²) in [6.07, 6.45) is 3.87. The van der Waals surface area contributed by atoms with Crippen LogP contribution in [0.4, 0.5) is 0 Å². The maximum absolute atomic E-state index is 5.27. The van der Waals surface area contributed by atoms with Crippen molar-refractivity contribution in [3.8, 4) is 5.75 Å². The average molecular weight is 359 g/mol. The molecule has 1 heterocycles. The molecular formula is C21H34N4O. The lowest BCUT2D eigenvalue weighted by molar-refractivity contribution is 0.252. The van der Waals surface area contributed by atoms with Crippen LogP contribution < -0.4 is 10.1 Å². The highest BCUT2D eigenvalue weighted by atomic mass is 16.5. The quantitative estimate of drug-likeness (QED) is 0.601. The van der Waals surface area contributed by atoms with E-state index in [1.807, 2.05) is 0 Å². The minimum Gasteiger partial charge on any atom is -0.497 e. The Bertz CT molecular complexity index is 597. The fourth-order valence-electron chi connectivity index (χ4n) is 3.72. The van der Waals surface area contributed by atoms with Gasteiger partial charge in [0, 0.05) is 37.6 Å². The fourth-order valence-corrected chi connectivity index (χ4v) is 3.72. The summed E-state index contributed by atoms with van der Waals surface area (Å²) < 4.78 is 5.27. The molecule has 2 fully saturated rings. The van der Waals surface area contributed by atoms with Crippen molar-refractivity contribution in [2.75, 3.05) is 40.3 Å². The Morgan fingerprint density at radius 1 is 1.31 bits per heavy atom. The fraction of sp³-hybridized carbons (Fsp3) is 0.667. The first-order valence-corrected chi connectivity index (χ1v) is 10.0. The van der Waals surface area contributed by atoms with E-state index in [9.17, 15) is 0 Å². The van der Waals surface area contributed by atoms with Gasteiger partial charge in [-0.2, -0.15) is 0 Å². The van der Waals surface area contributed by atoms with Crippen LogP contribution in [0.2, 0.25) is 0 Å². The molecule has 0 amide bonds. The topological polar surface area (TPSA) is 40.1 Å². The van der Waals surface area contributed by atoms with Crippen LogP contribution in [0, 0.1) is 0 Å². The number of hydrogen-bond acceptors (Lipinski definition) is 3. The number of nitrogens with zero attached hydrogens (tertiary/aromatic N) is 3. The number of hydrogen-bond donors (Lipinski definition) is 1. The van der Waals surface area contributed by atoms with E-state index >= 15 is 0 Å². The number of likely N-dealkylation sites (N-methyl/N-ethyl adjacent to an activating group) is 1. The third kappa shape index (κ3) is 4.70. The highest BCUT2D eigenvalue weighted by molar-refractivity contribution is 5.80. The van der Waals surface area contributed by atoms with Crippen molar-refractivity contribution in [3.63, 3.8) is 0 Å². The Labute approximate surface area is 158 Å². The molecule has 0 radical (unpaired) electrons. The second-order valence-electron chi connectivity index (χ2n) is 7.65. The van der Waals surface area contributed by atoms with Crippen molar-refractivity contribution in [2.24, 2.45) is 4.99 Å². The van der Waals surface area contributed by atoms with E-state index in [0.717, 1.165) is 43.9 Å². The highest BCUT2D eigenvalue weighted by Crippen LogP contribution is 2.29. The van der Waals surface area contributed by atoms with Crippen LogP contribution in [-0.2, 0) is 0 Å². The van der Waals surface area contributed by atoms with Crippen molar-refractivity contribution < 1.29 is 4.74 Å². The van der Waals surface area contributed by atoms with Crippen LogP contribution in [0.5, 0.6) is 5.75 Å². The number of likely N-dealkylation sites (tertiary alicyclic amines) is 1. The van der Waals surface area contributed by atoms with Crippen LogP contribution in [0.25, 0.3) is 0 Å². The maximum atomic E-state index is 5.27. The zero-order valence-electron chi connectivity index (χ0n) is 16.7. The van der Waals surface area contributed by atoms with Crippen LogP contribution >= 0.6 is 0 Å². The first kappa shape index (κ1) is 19.0. The third-order valence-electron chi connectivity index (χ3n) is 5.73. The molecule has 0 aromatic heterocycles. The highest BCUT2D eigenvalue weighted by Gasteiger charge is 2.29. The van der Waals surface area contributed by atoms with E-state index in [1.54, 1.807) is 7.11 Å². The van der Waals surface area contributed by atoms with Crippen molar-refractivity contribution in [1.82, 2.24) is 15.1 Å². The van der Waals surface area contributed by atoms with Gasteiger partial charge < -0.3 is 15.0 Å². The predicted octanol–water partition coefficient (Wildman–Crippen LogP) is 2.93. The molecule has 0 spiro atoms.